The van der Waals surface area contributed by atoms with Gasteiger partial charge in [0, 0.05) is 37.1 Å². The third-order valence-corrected chi connectivity index (χ3v) is 6.52. The minimum Gasteiger partial charge on any atom is -0.460 e. The fourth-order valence-electron chi connectivity index (χ4n) is 4.86. The maximum Gasteiger partial charge on any atom is 0.151 e. The molecule has 4 heterocycles. The molecule has 2 aliphatic rings. The second-order valence-corrected chi connectivity index (χ2v) is 8.73. The van der Waals surface area contributed by atoms with Crippen LogP contribution in [0.5, 0.6) is 0 Å². The minimum atomic E-state index is 0.222. The highest BCUT2D eigenvalue weighted by molar-refractivity contribution is 5.78. The number of rotatable bonds is 3. The monoisotopic (exact) mass is 426 g/mol. The van der Waals surface area contributed by atoms with Crippen molar-refractivity contribution in [2.45, 2.75) is 12.5 Å². The second-order valence-electron chi connectivity index (χ2n) is 8.73. The van der Waals surface area contributed by atoms with Crippen LogP contribution in [0.15, 0.2) is 65.1 Å². The summed E-state index contributed by atoms with van der Waals surface area (Å²) < 4.78 is 11.7. The van der Waals surface area contributed by atoms with E-state index in [9.17, 15) is 0 Å². The summed E-state index contributed by atoms with van der Waals surface area (Å²) in [7, 11) is 2.17. The highest BCUT2D eigenvalue weighted by Crippen LogP contribution is 2.37. The molecule has 4 aromatic rings. The standard InChI is InChI=1S/C26H26N4O2/c1-29-16-20-14-18(23-8-9-26(28-27-23)30-10-12-31-13-11-30)6-7-21(20)22(17-29)25-15-19-4-2-3-5-24(19)32-25/h2-9,14-15,22H,10-13,16-17H2,1H3. The third-order valence-electron chi connectivity index (χ3n) is 6.52. The number of benzene rings is 2. The van der Waals surface area contributed by atoms with Crippen LogP contribution in [0.4, 0.5) is 5.82 Å². The Bertz CT molecular complexity index is 1210. The van der Waals surface area contributed by atoms with E-state index in [0.29, 0.717) is 0 Å². The molecular weight excluding hydrogens is 400 g/mol. The van der Waals surface area contributed by atoms with Crippen LogP contribution in [0.3, 0.4) is 0 Å². The van der Waals surface area contributed by atoms with Crippen molar-refractivity contribution in [1.82, 2.24) is 15.1 Å². The molecule has 0 amide bonds. The quantitative estimate of drug-likeness (QED) is 0.487. The second kappa shape index (κ2) is 8.04. The maximum atomic E-state index is 6.24. The van der Waals surface area contributed by atoms with E-state index in [1.165, 1.54) is 11.1 Å². The van der Waals surface area contributed by atoms with Crippen LogP contribution in [0.25, 0.3) is 22.2 Å². The lowest BCUT2D eigenvalue weighted by atomic mass is 9.86. The van der Waals surface area contributed by atoms with Crippen molar-refractivity contribution in [3.05, 3.63) is 77.6 Å². The minimum absolute atomic E-state index is 0.222. The average molecular weight is 427 g/mol. The number of para-hydroxylation sites is 1. The molecule has 6 nitrogen and oxygen atoms in total. The molecule has 6 heteroatoms. The van der Waals surface area contributed by atoms with Crippen molar-refractivity contribution in [3.63, 3.8) is 0 Å². The molecule has 0 aliphatic carbocycles. The van der Waals surface area contributed by atoms with Gasteiger partial charge in [-0.05, 0) is 48.5 Å². The normalized spacial score (nSPS) is 19.3. The van der Waals surface area contributed by atoms with Crippen molar-refractivity contribution in [1.29, 1.82) is 0 Å². The zero-order valence-electron chi connectivity index (χ0n) is 18.2. The lowest BCUT2D eigenvalue weighted by Crippen LogP contribution is -2.36. The van der Waals surface area contributed by atoms with Gasteiger partial charge in [0.05, 0.1) is 24.8 Å². The summed E-state index contributed by atoms with van der Waals surface area (Å²) >= 11 is 0. The molecule has 0 spiro atoms. The zero-order valence-corrected chi connectivity index (χ0v) is 18.2. The lowest BCUT2D eigenvalue weighted by molar-refractivity contribution is 0.122. The molecule has 2 aromatic heterocycles. The number of furan rings is 1. The van der Waals surface area contributed by atoms with Crippen molar-refractivity contribution < 1.29 is 9.15 Å². The largest absolute Gasteiger partial charge is 0.460 e. The first-order valence-electron chi connectivity index (χ1n) is 11.2. The van der Waals surface area contributed by atoms with Gasteiger partial charge in [0.25, 0.3) is 0 Å². The van der Waals surface area contributed by atoms with Gasteiger partial charge in [0.1, 0.15) is 11.3 Å². The number of anilines is 1. The Morgan fingerprint density at radius 2 is 1.81 bits per heavy atom. The van der Waals surface area contributed by atoms with E-state index < -0.39 is 0 Å². The molecule has 1 atom stereocenters. The summed E-state index contributed by atoms with van der Waals surface area (Å²) in [5.74, 6) is 2.17. The summed E-state index contributed by atoms with van der Waals surface area (Å²) in [6, 6.07) is 21.2. The van der Waals surface area contributed by atoms with Gasteiger partial charge in [-0.15, -0.1) is 10.2 Å². The first-order valence-corrected chi connectivity index (χ1v) is 11.2. The number of fused-ring (bicyclic) bond motifs is 2. The fraction of sp³-hybridized carbons (Fsp3) is 0.308. The number of nitrogens with zero attached hydrogens (tertiary/aromatic N) is 4. The first kappa shape index (κ1) is 19.5. The van der Waals surface area contributed by atoms with E-state index >= 15 is 0 Å². The van der Waals surface area contributed by atoms with Gasteiger partial charge in [-0.1, -0.05) is 30.3 Å². The molecule has 0 saturated carbocycles. The molecule has 6 rings (SSSR count). The summed E-state index contributed by atoms with van der Waals surface area (Å²) in [5, 5.41) is 10.2. The molecule has 0 N–H and O–H groups in total. The smallest absolute Gasteiger partial charge is 0.151 e. The van der Waals surface area contributed by atoms with Crippen molar-refractivity contribution >= 4 is 16.8 Å². The van der Waals surface area contributed by atoms with Gasteiger partial charge in [-0.3, -0.25) is 0 Å². The van der Waals surface area contributed by atoms with Crippen LogP contribution < -0.4 is 4.90 Å². The van der Waals surface area contributed by atoms with Gasteiger partial charge in [0.2, 0.25) is 0 Å². The molecular formula is C26H26N4O2. The van der Waals surface area contributed by atoms with E-state index in [2.05, 4.69) is 75.6 Å². The van der Waals surface area contributed by atoms with Gasteiger partial charge >= 0.3 is 0 Å². The first-order chi connectivity index (χ1) is 15.7. The van der Waals surface area contributed by atoms with Gasteiger partial charge in [0.15, 0.2) is 5.82 Å². The SMILES string of the molecule is CN1Cc2cc(-c3ccc(N4CCOCC4)nn3)ccc2C(c2cc3ccccc3o2)C1. The Labute approximate surface area is 187 Å². The Morgan fingerprint density at radius 3 is 2.62 bits per heavy atom. The van der Waals surface area contributed by atoms with E-state index in [4.69, 9.17) is 9.15 Å². The van der Waals surface area contributed by atoms with E-state index in [1.54, 1.807) is 0 Å². The Morgan fingerprint density at radius 1 is 0.938 bits per heavy atom. The third kappa shape index (κ3) is 3.55. The van der Waals surface area contributed by atoms with Crippen LogP contribution in [0.1, 0.15) is 22.8 Å². The number of hydrogen-bond acceptors (Lipinski definition) is 6. The lowest BCUT2D eigenvalue weighted by Gasteiger charge is -2.31. The van der Waals surface area contributed by atoms with Crippen molar-refractivity contribution in [2.75, 3.05) is 44.8 Å². The van der Waals surface area contributed by atoms with Gasteiger partial charge in [-0.2, -0.15) is 0 Å². The number of likely N-dealkylation sites (N-methyl/N-ethyl adjacent to an activating group) is 1. The number of morpholine rings is 1. The number of aromatic nitrogens is 2. The van der Waals surface area contributed by atoms with E-state index in [-0.39, 0.29) is 5.92 Å². The average Bonchev–Trinajstić information content (AvgIpc) is 3.28. The highest BCUT2D eigenvalue weighted by Gasteiger charge is 2.28. The predicted octanol–water partition coefficient (Wildman–Crippen LogP) is 4.30. The van der Waals surface area contributed by atoms with Crippen molar-refractivity contribution in [3.8, 4) is 11.3 Å². The zero-order chi connectivity index (χ0) is 21.5. The topological polar surface area (TPSA) is 54.6 Å². The Kier molecular flexibility index (Phi) is 4.89. The van der Waals surface area contributed by atoms with Crippen LogP contribution >= 0.6 is 0 Å². The molecule has 162 valence electrons. The molecule has 0 radical (unpaired) electrons. The fourth-order valence-corrected chi connectivity index (χ4v) is 4.86. The van der Waals surface area contributed by atoms with Crippen LogP contribution in [0.2, 0.25) is 0 Å². The number of hydrogen-bond donors (Lipinski definition) is 0. The van der Waals surface area contributed by atoms with Crippen LogP contribution in [-0.2, 0) is 11.3 Å². The summed E-state index contributed by atoms with van der Waals surface area (Å²) in [6.07, 6.45) is 0. The van der Waals surface area contributed by atoms with Crippen molar-refractivity contribution in [2.24, 2.45) is 0 Å². The molecule has 32 heavy (non-hydrogen) atoms. The molecule has 1 saturated heterocycles. The van der Waals surface area contributed by atoms with Gasteiger partial charge < -0.3 is 19.0 Å². The maximum absolute atomic E-state index is 6.24. The molecule has 2 aromatic carbocycles. The molecule has 1 unspecified atom stereocenters. The number of ether oxygens (including phenoxy) is 1. The Balaban J connectivity index is 1.31. The van der Waals surface area contributed by atoms with E-state index in [1.807, 2.05) is 12.1 Å². The summed E-state index contributed by atoms with van der Waals surface area (Å²) in [5.41, 5.74) is 5.61. The van der Waals surface area contributed by atoms with E-state index in [0.717, 1.165) is 73.2 Å². The van der Waals surface area contributed by atoms with Crippen LogP contribution in [0, 0.1) is 0 Å². The Hall–Kier alpha value is -3.22. The van der Waals surface area contributed by atoms with Crippen LogP contribution in [-0.4, -0.2) is 55.0 Å². The predicted molar refractivity (Wildman–Crippen MR) is 125 cm³/mol. The highest BCUT2D eigenvalue weighted by atomic mass is 16.5. The summed E-state index contributed by atoms with van der Waals surface area (Å²) in [6.45, 7) is 5.08. The van der Waals surface area contributed by atoms with Gasteiger partial charge in [-0.25, -0.2) is 0 Å². The molecule has 0 bridgehead atoms. The molecule has 2 aliphatic heterocycles. The summed E-state index contributed by atoms with van der Waals surface area (Å²) in [4.78, 5) is 4.58. The molecule has 1 fully saturated rings.